The van der Waals surface area contributed by atoms with Crippen LogP contribution in [0.1, 0.15) is 63.8 Å². The first-order valence-corrected chi connectivity index (χ1v) is 6.92. The second kappa shape index (κ2) is 4.58. The first-order valence-electron chi connectivity index (χ1n) is 6.92. The molecule has 2 heteroatoms. The van der Waals surface area contributed by atoms with Crippen molar-refractivity contribution >= 4 is 0 Å². The lowest BCUT2D eigenvalue weighted by molar-refractivity contribution is 0.172. The minimum Gasteiger partial charge on any atom is -0.490 e. The van der Waals surface area contributed by atoms with E-state index in [0.717, 1.165) is 18.6 Å². The molecule has 0 saturated carbocycles. The van der Waals surface area contributed by atoms with Crippen LogP contribution < -0.4 is 10.5 Å². The van der Waals surface area contributed by atoms with Crippen molar-refractivity contribution < 1.29 is 4.74 Å². The molecule has 0 saturated heterocycles. The second-order valence-corrected chi connectivity index (χ2v) is 6.44. The highest BCUT2D eigenvalue weighted by molar-refractivity contribution is 5.50. The summed E-state index contributed by atoms with van der Waals surface area (Å²) >= 11 is 0. The Kier molecular flexibility index (Phi) is 3.41. The summed E-state index contributed by atoms with van der Waals surface area (Å²) in [6, 6.07) is 4.61. The fourth-order valence-electron chi connectivity index (χ4n) is 2.62. The summed E-state index contributed by atoms with van der Waals surface area (Å²) in [6.45, 7) is 11.0. The predicted molar refractivity (Wildman–Crippen MR) is 76.2 cm³/mol. The second-order valence-electron chi connectivity index (χ2n) is 6.44. The van der Waals surface area contributed by atoms with E-state index in [1.54, 1.807) is 0 Å². The number of ether oxygens (including phenoxy) is 1. The largest absolute Gasteiger partial charge is 0.490 e. The molecular formula is C16H25NO. The highest BCUT2D eigenvalue weighted by Gasteiger charge is 2.29. The van der Waals surface area contributed by atoms with Crippen molar-refractivity contribution in [1.82, 2.24) is 0 Å². The highest BCUT2D eigenvalue weighted by atomic mass is 16.5. The first-order chi connectivity index (χ1) is 8.32. The molecule has 1 aromatic rings. The Balaban J connectivity index is 2.62. The van der Waals surface area contributed by atoms with Crippen LogP contribution in [-0.4, -0.2) is 6.10 Å². The van der Waals surface area contributed by atoms with Crippen molar-refractivity contribution in [1.29, 1.82) is 0 Å². The molecule has 100 valence electrons. The maximum atomic E-state index is 6.29. The SMILES string of the molecule is CCc1cc2c(c(C(C)(C)C)c1)OC(C)CC2N. The molecule has 0 aliphatic carbocycles. The van der Waals surface area contributed by atoms with E-state index in [4.69, 9.17) is 10.5 Å². The van der Waals surface area contributed by atoms with Crippen LogP contribution in [-0.2, 0) is 11.8 Å². The molecule has 2 unspecified atom stereocenters. The van der Waals surface area contributed by atoms with Gasteiger partial charge in [-0.15, -0.1) is 0 Å². The summed E-state index contributed by atoms with van der Waals surface area (Å²) in [4.78, 5) is 0. The maximum Gasteiger partial charge on any atom is 0.128 e. The summed E-state index contributed by atoms with van der Waals surface area (Å²) in [6.07, 6.45) is 2.16. The lowest BCUT2D eigenvalue weighted by atomic mass is 9.81. The number of benzene rings is 1. The normalized spacial score (nSPS) is 23.4. The van der Waals surface area contributed by atoms with Gasteiger partial charge in [-0.25, -0.2) is 0 Å². The van der Waals surface area contributed by atoms with E-state index >= 15 is 0 Å². The number of fused-ring (bicyclic) bond motifs is 1. The van der Waals surface area contributed by atoms with Crippen molar-refractivity contribution in [2.24, 2.45) is 5.73 Å². The zero-order valence-electron chi connectivity index (χ0n) is 12.2. The van der Waals surface area contributed by atoms with Crippen LogP contribution in [0.3, 0.4) is 0 Å². The fraction of sp³-hybridized carbons (Fsp3) is 0.625. The van der Waals surface area contributed by atoms with Gasteiger partial charge in [-0.3, -0.25) is 0 Å². The molecule has 1 aliphatic rings. The zero-order chi connectivity index (χ0) is 13.5. The quantitative estimate of drug-likeness (QED) is 0.821. The van der Waals surface area contributed by atoms with Crippen molar-refractivity contribution in [3.05, 3.63) is 28.8 Å². The van der Waals surface area contributed by atoms with Crippen LogP contribution in [0.15, 0.2) is 12.1 Å². The molecule has 1 heterocycles. The third-order valence-electron chi connectivity index (χ3n) is 3.70. The number of aryl methyl sites for hydroxylation is 1. The Hall–Kier alpha value is -1.02. The van der Waals surface area contributed by atoms with Crippen molar-refractivity contribution in [3.8, 4) is 5.75 Å². The molecule has 1 aliphatic heterocycles. The van der Waals surface area contributed by atoms with Gasteiger partial charge in [0.1, 0.15) is 5.75 Å². The Labute approximate surface area is 111 Å². The van der Waals surface area contributed by atoms with Crippen LogP contribution in [0, 0.1) is 0 Å². The molecule has 0 bridgehead atoms. The third-order valence-corrected chi connectivity index (χ3v) is 3.70. The van der Waals surface area contributed by atoms with Gasteiger partial charge < -0.3 is 10.5 Å². The van der Waals surface area contributed by atoms with Gasteiger partial charge in [-0.2, -0.15) is 0 Å². The monoisotopic (exact) mass is 247 g/mol. The minimum atomic E-state index is 0.0893. The molecule has 18 heavy (non-hydrogen) atoms. The van der Waals surface area contributed by atoms with E-state index in [1.165, 1.54) is 16.7 Å². The molecular weight excluding hydrogens is 222 g/mol. The van der Waals surface area contributed by atoms with Gasteiger partial charge in [0.15, 0.2) is 0 Å². The lowest BCUT2D eigenvalue weighted by Gasteiger charge is -2.34. The van der Waals surface area contributed by atoms with E-state index in [9.17, 15) is 0 Å². The molecule has 0 aromatic heterocycles. The average molecular weight is 247 g/mol. The molecule has 1 aromatic carbocycles. The van der Waals surface area contributed by atoms with E-state index < -0.39 is 0 Å². The van der Waals surface area contributed by atoms with Gasteiger partial charge in [-0.05, 0) is 24.3 Å². The predicted octanol–water partition coefficient (Wildman–Crippen LogP) is 3.72. The van der Waals surface area contributed by atoms with E-state index in [2.05, 4.69) is 46.8 Å². The van der Waals surface area contributed by atoms with Crippen LogP contribution >= 0.6 is 0 Å². The number of rotatable bonds is 1. The van der Waals surface area contributed by atoms with Gasteiger partial charge in [0.25, 0.3) is 0 Å². The van der Waals surface area contributed by atoms with Gasteiger partial charge in [0, 0.05) is 23.6 Å². The molecule has 2 atom stereocenters. The van der Waals surface area contributed by atoms with E-state index in [1.807, 2.05) is 0 Å². The molecule has 2 rings (SSSR count). The molecule has 2 nitrogen and oxygen atoms in total. The Morgan fingerprint density at radius 2 is 2.00 bits per heavy atom. The van der Waals surface area contributed by atoms with Crippen LogP contribution in [0.25, 0.3) is 0 Å². The molecule has 0 spiro atoms. The highest BCUT2D eigenvalue weighted by Crippen LogP contribution is 2.42. The lowest BCUT2D eigenvalue weighted by Crippen LogP contribution is -2.29. The van der Waals surface area contributed by atoms with Crippen LogP contribution in [0.4, 0.5) is 0 Å². The van der Waals surface area contributed by atoms with Crippen molar-refractivity contribution in [2.45, 2.75) is 65.0 Å². The number of hydrogen-bond donors (Lipinski definition) is 1. The van der Waals surface area contributed by atoms with E-state index in [0.29, 0.717) is 0 Å². The first kappa shape index (κ1) is 13.4. The van der Waals surface area contributed by atoms with Crippen molar-refractivity contribution in [2.75, 3.05) is 0 Å². The number of nitrogens with two attached hydrogens (primary N) is 1. The molecule has 0 radical (unpaired) electrons. The van der Waals surface area contributed by atoms with E-state index in [-0.39, 0.29) is 17.6 Å². The van der Waals surface area contributed by atoms with Gasteiger partial charge >= 0.3 is 0 Å². The van der Waals surface area contributed by atoms with Crippen molar-refractivity contribution in [3.63, 3.8) is 0 Å². The minimum absolute atomic E-state index is 0.0893. The maximum absolute atomic E-state index is 6.29. The molecule has 0 amide bonds. The van der Waals surface area contributed by atoms with Gasteiger partial charge in [-0.1, -0.05) is 39.8 Å². The summed E-state index contributed by atoms with van der Waals surface area (Å²) < 4.78 is 6.08. The summed E-state index contributed by atoms with van der Waals surface area (Å²) in [7, 11) is 0. The molecule has 2 N–H and O–H groups in total. The van der Waals surface area contributed by atoms with Crippen LogP contribution in [0.5, 0.6) is 5.75 Å². The topological polar surface area (TPSA) is 35.2 Å². The Morgan fingerprint density at radius 3 is 2.56 bits per heavy atom. The van der Waals surface area contributed by atoms with Gasteiger partial charge in [0.05, 0.1) is 6.10 Å². The number of hydrogen-bond acceptors (Lipinski definition) is 2. The Bertz CT molecular complexity index is 445. The summed E-state index contributed by atoms with van der Waals surface area (Å²) in [5, 5.41) is 0. The summed E-state index contributed by atoms with van der Waals surface area (Å²) in [5.74, 6) is 1.03. The average Bonchev–Trinajstić information content (AvgIpc) is 2.26. The Morgan fingerprint density at radius 1 is 1.33 bits per heavy atom. The smallest absolute Gasteiger partial charge is 0.128 e. The third kappa shape index (κ3) is 2.39. The fourth-order valence-corrected chi connectivity index (χ4v) is 2.62. The zero-order valence-corrected chi connectivity index (χ0v) is 12.2. The van der Waals surface area contributed by atoms with Gasteiger partial charge in [0.2, 0.25) is 0 Å². The summed E-state index contributed by atoms with van der Waals surface area (Å²) in [5.41, 5.74) is 10.2. The molecule has 0 fully saturated rings. The standard InChI is InChI=1S/C16H25NO/c1-6-11-8-12-14(17)7-10(2)18-15(12)13(9-11)16(3,4)5/h8-10,14H,6-7,17H2,1-5H3. The van der Waals surface area contributed by atoms with Crippen LogP contribution in [0.2, 0.25) is 0 Å².